The molecular formula is C7H10O7. The van der Waals surface area contributed by atoms with E-state index in [0.717, 1.165) is 0 Å². The zero-order valence-corrected chi connectivity index (χ0v) is 7.28. The van der Waals surface area contributed by atoms with Gasteiger partial charge in [-0.05, 0) is 6.92 Å². The van der Waals surface area contributed by atoms with Crippen LogP contribution in [0.2, 0.25) is 0 Å². The molecule has 1 saturated heterocycles. The Morgan fingerprint density at radius 1 is 1.14 bits per heavy atom. The average Bonchev–Trinajstić information content (AvgIpc) is 2.20. The van der Waals surface area contributed by atoms with Gasteiger partial charge < -0.3 is 24.8 Å². The van der Waals surface area contributed by atoms with E-state index in [4.69, 9.17) is 15.3 Å². The lowest BCUT2D eigenvalue weighted by Gasteiger charge is -2.16. The molecule has 1 aliphatic heterocycles. The van der Waals surface area contributed by atoms with Crippen molar-refractivity contribution in [1.29, 1.82) is 0 Å². The lowest BCUT2D eigenvalue weighted by atomic mass is 10.2. The van der Waals surface area contributed by atoms with Crippen LogP contribution in [0.1, 0.15) is 6.92 Å². The van der Waals surface area contributed by atoms with Crippen molar-refractivity contribution in [3.05, 3.63) is 0 Å². The highest BCUT2D eigenvalue weighted by Crippen LogP contribution is 2.12. The molecule has 3 unspecified atom stereocenters. The van der Waals surface area contributed by atoms with Crippen molar-refractivity contribution >= 4 is 11.9 Å². The normalized spacial score (nSPS) is 35.6. The summed E-state index contributed by atoms with van der Waals surface area (Å²) in [5.41, 5.74) is 0. The van der Waals surface area contributed by atoms with E-state index in [1.807, 2.05) is 0 Å². The highest BCUT2D eigenvalue weighted by Gasteiger charge is 2.41. The molecule has 14 heavy (non-hydrogen) atoms. The average molecular weight is 206 g/mol. The number of cyclic esters (lactones) is 2. The molecule has 0 bridgehead atoms. The van der Waals surface area contributed by atoms with Gasteiger partial charge in [0.2, 0.25) is 0 Å². The first-order chi connectivity index (χ1) is 6.43. The fourth-order valence-electron chi connectivity index (χ4n) is 0.847. The predicted octanol–water partition coefficient (Wildman–Crippen LogP) is -2.48. The predicted molar refractivity (Wildman–Crippen MR) is 39.7 cm³/mol. The molecular weight excluding hydrogens is 196 g/mol. The molecule has 0 aromatic heterocycles. The first-order valence-electron chi connectivity index (χ1n) is 3.88. The Hall–Kier alpha value is -1.18. The number of hydrogen-bond donors (Lipinski definition) is 3. The lowest BCUT2D eigenvalue weighted by molar-refractivity contribution is -0.200. The van der Waals surface area contributed by atoms with Crippen LogP contribution in [-0.2, 0) is 19.1 Å². The molecule has 1 fully saturated rings. The Labute approximate surface area is 78.9 Å². The lowest BCUT2D eigenvalue weighted by Crippen LogP contribution is -2.38. The summed E-state index contributed by atoms with van der Waals surface area (Å²) in [6.45, 7) is 1.23. The highest BCUT2D eigenvalue weighted by molar-refractivity contribution is 5.86. The van der Waals surface area contributed by atoms with Gasteiger partial charge in [0.05, 0.1) is 0 Å². The second kappa shape index (κ2) is 3.91. The molecule has 0 saturated carbocycles. The van der Waals surface area contributed by atoms with Crippen LogP contribution in [0.4, 0.5) is 0 Å². The summed E-state index contributed by atoms with van der Waals surface area (Å²) in [5, 5.41) is 27.0. The summed E-state index contributed by atoms with van der Waals surface area (Å²) >= 11 is 0. The molecule has 0 spiro atoms. The summed E-state index contributed by atoms with van der Waals surface area (Å²) < 4.78 is 8.77. The van der Waals surface area contributed by atoms with Crippen LogP contribution in [0.25, 0.3) is 0 Å². The van der Waals surface area contributed by atoms with Gasteiger partial charge in [0.1, 0.15) is 6.10 Å². The zero-order chi connectivity index (χ0) is 10.9. The van der Waals surface area contributed by atoms with Gasteiger partial charge in [0.15, 0.2) is 12.2 Å². The minimum absolute atomic E-state index is 1.21. The van der Waals surface area contributed by atoms with Crippen LogP contribution in [0.15, 0.2) is 0 Å². The topological polar surface area (TPSA) is 113 Å². The molecule has 0 amide bonds. The van der Waals surface area contributed by atoms with Crippen LogP contribution in [0.5, 0.6) is 0 Å². The molecule has 0 radical (unpaired) electrons. The Morgan fingerprint density at radius 2 is 1.50 bits per heavy atom. The SMILES string of the molecule is CC(O)C1OC(=O)C(O)C(O)C(=O)O1. The number of ether oxygens (including phenoxy) is 2. The minimum Gasteiger partial charge on any atom is -0.420 e. The second-order valence-corrected chi connectivity index (χ2v) is 2.87. The molecule has 0 aromatic carbocycles. The van der Waals surface area contributed by atoms with Crippen molar-refractivity contribution < 1.29 is 34.4 Å². The second-order valence-electron chi connectivity index (χ2n) is 2.87. The van der Waals surface area contributed by atoms with Crippen molar-refractivity contribution in [2.24, 2.45) is 0 Å². The maximum absolute atomic E-state index is 10.9. The van der Waals surface area contributed by atoms with Crippen LogP contribution >= 0.6 is 0 Å². The molecule has 1 heterocycles. The number of rotatable bonds is 1. The summed E-state index contributed by atoms with van der Waals surface area (Å²) in [6, 6.07) is 0. The summed E-state index contributed by atoms with van der Waals surface area (Å²) in [5.74, 6) is -2.43. The molecule has 7 heteroatoms. The van der Waals surface area contributed by atoms with Gasteiger partial charge in [-0.1, -0.05) is 0 Å². The third kappa shape index (κ3) is 2.00. The van der Waals surface area contributed by atoms with Gasteiger partial charge in [-0.2, -0.15) is 0 Å². The van der Waals surface area contributed by atoms with E-state index in [9.17, 15) is 9.59 Å². The smallest absolute Gasteiger partial charge is 0.341 e. The van der Waals surface area contributed by atoms with Crippen molar-refractivity contribution in [2.45, 2.75) is 31.5 Å². The number of carbonyl (C=O) groups excluding carboxylic acids is 2. The standard InChI is InChI=1S/C7H10O7/c1-2(8)7-13-5(11)3(9)4(10)6(12)14-7/h2-4,7-10H,1H3. The van der Waals surface area contributed by atoms with Gasteiger partial charge in [0.25, 0.3) is 6.29 Å². The van der Waals surface area contributed by atoms with Crippen LogP contribution in [0.3, 0.4) is 0 Å². The van der Waals surface area contributed by atoms with Gasteiger partial charge >= 0.3 is 11.9 Å². The molecule has 1 rings (SSSR count). The molecule has 0 aliphatic carbocycles. The Bertz CT molecular complexity index is 226. The molecule has 7 nitrogen and oxygen atoms in total. The monoisotopic (exact) mass is 206 g/mol. The molecule has 1 aliphatic rings. The van der Waals surface area contributed by atoms with E-state index >= 15 is 0 Å². The first-order valence-corrected chi connectivity index (χ1v) is 3.88. The van der Waals surface area contributed by atoms with E-state index in [0.29, 0.717) is 0 Å². The fraction of sp³-hybridized carbons (Fsp3) is 0.714. The highest BCUT2D eigenvalue weighted by atomic mass is 16.7. The van der Waals surface area contributed by atoms with E-state index in [1.54, 1.807) is 0 Å². The molecule has 0 aromatic rings. The summed E-state index contributed by atoms with van der Waals surface area (Å²) in [7, 11) is 0. The largest absolute Gasteiger partial charge is 0.420 e. The number of aliphatic hydroxyl groups excluding tert-OH is 3. The fourth-order valence-corrected chi connectivity index (χ4v) is 0.847. The number of aliphatic hydroxyl groups is 3. The number of esters is 2. The van der Waals surface area contributed by atoms with Gasteiger partial charge in [-0.25, -0.2) is 9.59 Å². The first kappa shape index (κ1) is 10.9. The maximum Gasteiger partial charge on any atom is 0.341 e. The van der Waals surface area contributed by atoms with Crippen LogP contribution < -0.4 is 0 Å². The molecule has 3 N–H and O–H groups in total. The quantitative estimate of drug-likeness (QED) is 0.407. The third-order valence-corrected chi connectivity index (χ3v) is 1.64. The summed E-state index contributed by atoms with van der Waals surface area (Å²) in [6.07, 6.45) is -6.69. The van der Waals surface area contributed by atoms with Crippen molar-refractivity contribution in [2.75, 3.05) is 0 Å². The van der Waals surface area contributed by atoms with Gasteiger partial charge in [-0.3, -0.25) is 0 Å². The minimum atomic E-state index is -1.98. The van der Waals surface area contributed by atoms with Crippen molar-refractivity contribution in [1.82, 2.24) is 0 Å². The van der Waals surface area contributed by atoms with E-state index in [-0.39, 0.29) is 0 Å². The van der Waals surface area contributed by atoms with Crippen molar-refractivity contribution in [3.8, 4) is 0 Å². The number of carbonyl (C=O) groups is 2. The van der Waals surface area contributed by atoms with Crippen molar-refractivity contribution in [3.63, 3.8) is 0 Å². The summed E-state index contributed by atoms with van der Waals surface area (Å²) in [4.78, 5) is 21.8. The van der Waals surface area contributed by atoms with E-state index < -0.39 is 36.5 Å². The third-order valence-electron chi connectivity index (χ3n) is 1.64. The van der Waals surface area contributed by atoms with E-state index in [1.165, 1.54) is 6.92 Å². The Kier molecular flexibility index (Phi) is 3.04. The van der Waals surface area contributed by atoms with Gasteiger partial charge in [0, 0.05) is 0 Å². The Balaban J connectivity index is 2.83. The van der Waals surface area contributed by atoms with Gasteiger partial charge in [-0.15, -0.1) is 0 Å². The maximum atomic E-state index is 10.9. The number of hydrogen-bond acceptors (Lipinski definition) is 7. The van der Waals surface area contributed by atoms with Crippen LogP contribution in [0, 0.1) is 0 Å². The van der Waals surface area contributed by atoms with Crippen LogP contribution in [-0.4, -0.2) is 51.9 Å². The Morgan fingerprint density at radius 3 is 1.79 bits per heavy atom. The molecule has 80 valence electrons. The van der Waals surface area contributed by atoms with E-state index in [2.05, 4.69) is 9.47 Å². The molecule has 3 atom stereocenters. The zero-order valence-electron chi connectivity index (χ0n) is 7.28.